The third-order valence-electron chi connectivity index (χ3n) is 5.63. The minimum atomic E-state index is 0.0219. The van der Waals surface area contributed by atoms with Gasteiger partial charge in [-0.25, -0.2) is 4.98 Å². The predicted octanol–water partition coefficient (Wildman–Crippen LogP) is 1.91. The van der Waals surface area contributed by atoms with Gasteiger partial charge >= 0.3 is 0 Å². The molecule has 0 radical (unpaired) electrons. The maximum Gasteiger partial charge on any atom is 0.225 e. The number of carbonyl (C=O) groups excluding carboxylic acids is 1. The molecule has 6 nitrogen and oxygen atoms in total. The number of nitrogens with zero attached hydrogens (tertiary/aromatic N) is 4. The number of likely N-dealkylation sites (tertiary alicyclic amines) is 1. The molecule has 3 rings (SSSR count). The molecule has 140 valence electrons. The van der Waals surface area contributed by atoms with Crippen LogP contribution in [-0.2, 0) is 11.3 Å². The zero-order valence-electron chi connectivity index (χ0n) is 15.6. The van der Waals surface area contributed by atoms with Gasteiger partial charge in [0.15, 0.2) is 0 Å². The molecule has 1 saturated heterocycles. The number of fused-ring (bicyclic) bond motifs is 1. The van der Waals surface area contributed by atoms with Crippen LogP contribution in [0.25, 0.3) is 0 Å². The van der Waals surface area contributed by atoms with E-state index in [2.05, 4.69) is 25.5 Å². The first-order valence-electron chi connectivity index (χ1n) is 9.76. The molecule has 1 unspecified atom stereocenters. The highest BCUT2D eigenvalue weighted by atomic mass is 16.3. The Kier molecular flexibility index (Phi) is 6.12. The molecule has 1 N–H and O–H groups in total. The number of aromatic nitrogens is 2. The van der Waals surface area contributed by atoms with Crippen molar-refractivity contribution in [2.24, 2.45) is 11.8 Å². The van der Waals surface area contributed by atoms with E-state index in [0.29, 0.717) is 5.92 Å². The standard InChI is InChI=1S/C19H32N4O2/c1-15(2)19(25)23-10-3-9-22-13-7-20-18(22)17(23)16-5-11-21(12-6-16)8-4-14-24/h7,13,15-17,24H,3-6,8-12,14H2,1-2H3. The first kappa shape index (κ1) is 18.4. The van der Waals surface area contributed by atoms with Gasteiger partial charge < -0.3 is 19.5 Å². The summed E-state index contributed by atoms with van der Waals surface area (Å²) < 4.78 is 2.25. The van der Waals surface area contributed by atoms with Gasteiger partial charge in [0.1, 0.15) is 5.82 Å². The van der Waals surface area contributed by atoms with Gasteiger partial charge in [0.2, 0.25) is 5.91 Å². The molecule has 0 saturated carbocycles. The number of hydrogen-bond donors (Lipinski definition) is 1. The Hall–Kier alpha value is -1.40. The van der Waals surface area contributed by atoms with Crippen molar-refractivity contribution in [1.29, 1.82) is 0 Å². The average Bonchev–Trinajstić information content (AvgIpc) is 3.00. The number of aliphatic hydroxyl groups excluding tert-OH is 1. The molecule has 1 aromatic rings. The van der Waals surface area contributed by atoms with Crippen LogP contribution in [0, 0.1) is 11.8 Å². The van der Waals surface area contributed by atoms with E-state index in [9.17, 15) is 4.79 Å². The summed E-state index contributed by atoms with van der Waals surface area (Å²) in [7, 11) is 0. The highest BCUT2D eigenvalue weighted by Crippen LogP contribution is 2.37. The summed E-state index contributed by atoms with van der Waals surface area (Å²) in [6.45, 7) is 9.09. The fraction of sp³-hybridized carbons (Fsp3) is 0.789. The Morgan fingerprint density at radius 3 is 2.72 bits per heavy atom. The van der Waals surface area contributed by atoms with E-state index < -0.39 is 0 Å². The van der Waals surface area contributed by atoms with Gasteiger partial charge in [0, 0.05) is 44.6 Å². The minimum absolute atomic E-state index is 0.0219. The van der Waals surface area contributed by atoms with Gasteiger partial charge in [-0.1, -0.05) is 13.8 Å². The lowest BCUT2D eigenvalue weighted by Crippen LogP contribution is -2.45. The molecule has 25 heavy (non-hydrogen) atoms. The summed E-state index contributed by atoms with van der Waals surface area (Å²) in [5.41, 5.74) is 0. The van der Waals surface area contributed by atoms with Crippen molar-refractivity contribution in [1.82, 2.24) is 19.4 Å². The van der Waals surface area contributed by atoms with Gasteiger partial charge in [-0.15, -0.1) is 0 Å². The van der Waals surface area contributed by atoms with Crippen LogP contribution < -0.4 is 0 Å². The molecule has 0 bridgehead atoms. The molecular weight excluding hydrogens is 316 g/mol. The highest BCUT2D eigenvalue weighted by Gasteiger charge is 2.38. The van der Waals surface area contributed by atoms with Gasteiger partial charge in [0.25, 0.3) is 0 Å². The zero-order chi connectivity index (χ0) is 17.8. The third kappa shape index (κ3) is 4.06. The Morgan fingerprint density at radius 1 is 1.28 bits per heavy atom. The molecule has 0 spiro atoms. The van der Waals surface area contributed by atoms with Crippen molar-refractivity contribution < 1.29 is 9.90 Å². The molecule has 6 heteroatoms. The maximum absolute atomic E-state index is 12.9. The van der Waals surface area contributed by atoms with Crippen molar-refractivity contribution >= 4 is 5.91 Å². The summed E-state index contributed by atoms with van der Waals surface area (Å²) >= 11 is 0. The number of carbonyl (C=O) groups is 1. The van der Waals surface area contributed by atoms with Crippen LogP contribution in [0.5, 0.6) is 0 Å². The predicted molar refractivity (Wildman–Crippen MR) is 97.0 cm³/mol. The Bertz CT molecular complexity index is 564. The van der Waals surface area contributed by atoms with Crippen LogP contribution in [0.4, 0.5) is 0 Å². The van der Waals surface area contributed by atoms with Gasteiger partial charge in [-0.2, -0.15) is 0 Å². The van der Waals surface area contributed by atoms with Crippen molar-refractivity contribution in [2.75, 3.05) is 32.8 Å². The van der Waals surface area contributed by atoms with E-state index in [1.54, 1.807) is 0 Å². The smallest absolute Gasteiger partial charge is 0.225 e. The summed E-state index contributed by atoms with van der Waals surface area (Å²) in [5, 5.41) is 9.04. The molecule has 0 aromatic carbocycles. The van der Waals surface area contributed by atoms with E-state index in [1.807, 2.05) is 20.0 Å². The number of rotatable bonds is 5. The Morgan fingerprint density at radius 2 is 2.04 bits per heavy atom. The first-order valence-corrected chi connectivity index (χ1v) is 9.76. The lowest BCUT2D eigenvalue weighted by molar-refractivity contribution is -0.139. The summed E-state index contributed by atoms with van der Waals surface area (Å²) in [4.78, 5) is 22.1. The van der Waals surface area contributed by atoms with Gasteiger partial charge in [-0.05, 0) is 44.7 Å². The fourth-order valence-electron chi connectivity index (χ4n) is 4.30. The van der Waals surface area contributed by atoms with Crippen molar-refractivity contribution in [3.63, 3.8) is 0 Å². The molecule has 1 atom stereocenters. The minimum Gasteiger partial charge on any atom is -0.396 e. The highest BCUT2D eigenvalue weighted by molar-refractivity contribution is 5.78. The summed E-state index contributed by atoms with van der Waals surface area (Å²) in [5.74, 6) is 1.81. The quantitative estimate of drug-likeness (QED) is 0.883. The van der Waals surface area contributed by atoms with Crippen LogP contribution >= 0.6 is 0 Å². The number of piperidine rings is 1. The lowest BCUT2D eigenvalue weighted by Gasteiger charge is -2.40. The van der Waals surface area contributed by atoms with Crippen molar-refractivity contribution in [3.8, 4) is 0 Å². The van der Waals surface area contributed by atoms with Crippen molar-refractivity contribution in [3.05, 3.63) is 18.2 Å². The molecule has 1 aromatic heterocycles. The second-order valence-electron chi connectivity index (χ2n) is 7.72. The average molecular weight is 348 g/mol. The maximum atomic E-state index is 12.9. The summed E-state index contributed by atoms with van der Waals surface area (Å²) in [6, 6.07) is 0.104. The number of amides is 1. The third-order valence-corrected chi connectivity index (χ3v) is 5.63. The molecule has 1 amide bonds. The molecule has 1 fully saturated rings. The zero-order valence-corrected chi connectivity index (χ0v) is 15.6. The van der Waals surface area contributed by atoms with Crippen LogP contribution in [0.1, 0.15) is 51.4 Å². The topological polar surface area (TPSA) is 61.6 Å². The molecule has 3 heterocycles. The molecule has 0 aliphatic carbocycles. The number of imidazole rings is 1. The van der Waals surface area contributed by atoms with Gasteiger partial charge in [-0.3, -0.25) is 4.79 Å². The van der Waals surface area contributed by atoms with Gasteiger partial charge in [0.05, 0.1) is 6.04 Å². The monoisotopic (exact) mass is 348 g/mol. The normalized spacial score (nSPS) is 22.9. The van der Waals surface area contributed by atoms with Crippen LogP contribution in [0.2, 0.25) is 0 Å². The van der Waals surface area contributed by atoms with Crippen LogP contribution in [0.15, 0.2) is 12.4 Å². The second kappa shape index (κ2) is 8.32. The molecule has 2 aliphatic rings. The van der Waals surface area contributed by atoms with Crippen LogP contribution in [0.3, 0.4) is 0 Å². The van der Waals surface area contributed by atoms with Crippen LogP contribution in [-0.4, -0.2) is 63.2 Å². The summed E-state index contributed by atoms with van der Waals surface area (Å²) in [6.07, 6.45) is 7.95. The second-order valence-corrected chi connectivity index (χ2v) is 7.72. The number of hydrogen-bond acceptors (Lipinski definition) is 4. The lowest BCUT2D eigenvalue weighted by atomic mass is 9.87. The van der Waals surface area contributed by atoms with Crippen molar-refractivity contribution in [2.45, 2.75) is 52.1 Å². The largest absolute Gasteiger partial charge is 0.396 e. The SMILES string of the molecule is CC(C)C(=O)N1CCCn2ccnc2C1C1CCN(CCCO)CC1. The number of aryl methyl sites for hydroxylation is 1. The van der Waals surface area contributed by atoms with E-state index in [1.165, 1.54) is 0 Å². The fourth-order valence-corrected chi connectivity index (χ4v) is 4.30. The molecular formula is C19H32N4O2. The number of aliphatic hydroxyl groups is 1. The Labute approximate surface area is 150 Å². The van der Waals surface area contributed by atoms with E-state index >= 15 is 0 Å². The van der Waals surface area contributed by atoms with E-state index in [0.717, 1.165) is 64.2 Å². The molecule has 2 aliphatic heterocycles. The first-order chi connectivity index (χ1) is 12.1. The Balaban J connectivity index is 1.78. The van der Waals surface area contributed by atoms with E-state index in [4.69, 9.17) is 5.11 Å². The van der Waals surface area contributed by atoms with E-state index in [-0.39, 0.29) is 24.5 Å².